The lowest BCUT2D eigenvalue weighted by atomic mass is 10.1. The molecular weight excluding hydrogens is 254 g/mol. The van der Waals surface area contributed by atoms with Gasteiger partial charge < -0.3 is 15.4 Å². The van der Waals surface area contributed by atoms with E-state index < -0.39 is 0 Å². The summed E-state index contributed by atoms with van der Waals surface area (Å²) >= 11 is 0. The topological polar surface area (TPSA) is 58.8 Å². The number of hydrogen-bond acceptors (Lipinski definition) is 4. The lowest BCUT2D eigenvalue weighted by Gasteiger charge is -2.31. The average Bonchev–Trinajstić information content (AvgIpc) is 2.48. The van der Waals surface area contributed by atoms with Crippen molar-refractivity contribution in [3.05, 3.63) is 24.3 Å². The van der Waals surface area contributed by atoms with E-state index in [0.29, 0.717) is 18.3 Å². The molecule has 2 N–H and O–H groups in total. The van der Waals surface area contributed by atoms with Gasteiger partial charge in [0.1, 0.15) is 0 Å². The highest BCUT2D eigenvalue weighted by Crippen LogP contribution is 2.16. The van der Waals surface area contributed by atoms with Crippen molar-refractivity contribution >= 4 is 17.3 Å². The van der Waals surface area contributed by atoms with Gasteiger partial charge in [0.25, 0.3) is 0 Å². The maximum absolute atomic E-state index is 12.3. The van der Waals surface area contributed by atoms with E-state index >= 15 is 0 Å². The first-order valence-electron chi connectivity index (χ1n) is 6.98. The van der Waals surface area contributed by atoms with Crippen molar-refractivity contribution in [2.45, 2.75) is 18.9 Å². The second-order valence-corrected chi connectivity index (χ2v) is 5.30. The molecule has 1 aromatic carbocycles. The summed E-state index contributed by atoms with van der Waals surface area (Å²) in [6.07, 6.45) is 1.99. The minimum atomic E-state index is 0.0868. The number of nitrogens with two attached hydrogens (primary N) is 1. The van der Waals surface area contributed by atoms with Crippen LogP contribution in [0.1, 0.15) is 12.8 Å². The van der Waals surface area contributed by atoms with E-state index in [9.17, 15) is 4.79 Å². The molecule has 1 aliphatic heterocycles. The molecule has 5 nitrogen and oxygen atoms in total. The molecule has 0 aliphatic carbocycles. The highest BCUT2D eigenvalue weighted by molar-refractivity contribution is 5.94. The van der Waals surface area contributed by atoms with E-state index in [-0.39, 0.29) is 5.91 Å². The quantitative estimate of drug-likeness (QED) is 0.844. The Labute approximate surface area is 120 Å². The Morgan fingerprint density at radius 1 is 1.25 bits per heavy atom. The molecule has 0 saturated carbocycles. The molecule has 1 amide bonds. The maximum atomic E-state index is 12.3. The van der Waals surface area contributed by atoms with Crippen LogP contribution in [0.25, 0.3) is 0 Å². The normalized spacial score (nSPS) is 16.4. The smallest absolute Gasteiger partial charge is 0.240 e. The molecule has 1 fully saturated rings. The fourth-order valence-corrected chi connectivity index (χ4v) is 2.42. The molecule has 0 atom stereocenters. The van der Waals surface area contributed by atoms with Gasteiger partial charge in [-0.1, -0.05) is 0 Å². The molecule has 1 aliphatic rings. The van der Waals surface area contributed by atoms with Crippen molar-refractivity contribution < 1.29 is 9.53 Å². The molecule has 1 aromatic rings. The number of benzene rings is 1. The van der Waals surface area contributed by atoms with Gasteiger partial charge in [-0.25, -0.2) is 0 Å². The van der Waals surface area contributed by atoms with Crippen LogP contribution < -0.4 is 10.6 Å². The Hall–Kier alpha value is -1.59. The number of carbonyl (C=O) groups excluding carboxylic acids is 1. The summed E-state index contributed by atoms with van der Waals surface area (Å²) in [5.74, 6) is 0.0868. The molecule has 0 spiro atoms. The van der Waals surface area contributed by atoms with Crippen LogP contribution >= 0.6 is 0 Å². The van der Waals surface area contributed by atoms with Gasteiger partial charge in [-0.05, 0) is 44.2 Å². The second-order valence-electron chi connectivity index (χ2n) is 5.30. The zero-order valence-corrected chi connectivity index (χ0v) is 12.2. The molecule has 5 heteroatoms. The number of nitrogen functional groups attached to an aromatic ring is 1. The number of likely N-dealkylation sites (N-methyl/N-ethyl adjacent to an activating group) is 2. The van der Waals surface area contributed by atoms with Crippen LogP contribution in [0.5, 0.6) is 0 Å². The molecule has 1 heterocycles. The van der Waals surface area contributed by atoms with Crippen molar-refractivity contribution in [2.24, 2.45) is 0 Å². The number of amides is 1. The van der Waals surface area contributed by atoms with Gasteiger partial charge in [0.05, 0.1) is 6.54 Å². The van der Waals surface area contributed by atoms with Crippen LogP contribution in [0.2, 0.25) is 0 Å². The summed E-state index contributed by atoms with van der Waals surface area (Å²) in [7, 11) is 3.80. The Balaban J connectivity index is 1.91. The lowest BCUT2D eigenvalue weighted by Crippen LogP contribution is -2.43. The SMILES string of the molecule is CN(C(=O)CN(C)C1CCOCC1)c1ccc(N)cc1. The third-order valence-corrected chi connectivity index (χ3v) is 3.85. The molecule has 20 heavy (non-hydrogen) atoms. The van der Waals surface area contributed by atoms with Crippen molar-refractivity contribution in [3.63, 3.8) is 0 Å². The second kappa shape index (κ2) is 6.72. The summed E-state index contributed by atoms with van der Waals surface area (Å²) in [6.45, 7) is 2.00. The van der Waals surface area contributed by atoms with Gasteiger partial charge in [0.15, 0.2) is 0 Å². The van der Waals surface area contributed by atoms with Crippen LogP contribution in [0.15, 0.2) is 24.3 Å². The minimum absolute atomic E-state index is 0.0868. The molecule has 110 valence electrons. The predicted octanol–water partition coefficient (Wildman–Crippen LogP) is 1.34. The van der Waals surface area contributed by atoms with E-state index in [1.165, 1.54) is 0 Å². The molecule has 1 saturated heterocycles. The summed E-state index contributed by atoms with van der Waals surface area (Å²) < 4.78 is 5.35. The van der Waals surface area contributed by atoms with Gasteiger partial charge in [-0.2, -0.15) is 0 Å². The van der Waals surface area contributed by atoms with E-state index in [1.54, 1.807) is 24.1 Å². The highest BCUT2D eigenvalue weighted by Gasteiger charge is 2.21. The van der Waals surface area contributed by atoms with Gasteiger partial charge in [0, 0.05) is 37.7 Å². The van der Waals surface area contributed by atoms with Gasteiger partial charge in [-0.3, -0.25) is 9.69 Å². The molecule has 2 rings (SSSR count). The van der Waals surface area contributed by atoms with Crippen LogP contribution in [0, 0.1) is 0 Å². The molecule has 0 unspecified atom stereocenters. The minimum Gasteiger partial charge on any atom is -0.399 e. The molecule has 0 aromatic heterocycles. The van der Waals surface area contributed by atoms with Gasteiger partial charge in [0.2, 0.25) is 5.91 Å². The zero-order chi connectivity index (χ0) is 14.5. The van der Waals surface area contributed by atoms with Crippen LogP contribution in [-0.2, 0) is 9.53 Å². The number of anilines is 2. The molecule has 0 radical (unpaired) electrons. The Morgan fingerprint density at radius 3 is 2.45 bits per heavy atom. The van der Waals surface area contributed by atoms with E-state index in [2.05, 4.69) is 4.90 Å². The van der Waals surface area contributed by atoms with Crippen LogP contribution in [0.3, 0.4) is 0 Å². The number of carbonyl (C=O) groups is 1. The highest BCUT2D eigenvalue weighted by atomic mass is 16.5. The monoisotopic (exact) mass is 277 g/mol. The Morgan fingerprint density at radius 2 is 1.85 bits per heavy atom. The predicted molar refractivity (Wildman–Crippen MR) is 80.7 cm³/mol. The number of rotatable bonds is 4. The third kappa shape index (κ3) is 3.71. The van der Waals surface area contributed by atoms with Gasteiger partial charge >= 0.3 is 0 Å². The van der Waals surface area contributed by atoms with Crippen LogP contribution in [-0.4, -0.2) is 50.7 Å². The van der Waals surface area contributed by atoms with Crippen molar-refractivity contribution in [3.8, 4) is 0 Å². The molecular formula is C15H23N3O2. The standard InChI is InChI=1S/C15H23N3O2/c1-17(13-7-9-20-10-8-13)11-15(19)18(2)14-5-3-12(16)4-6-14/h3-6,13H,7-11,16H2,1-2H3. The maximum Gasteiger partial charge on any atom is 0.240 e. The first-order chi connectivity index (χ1) is 9.58. The third-order valence-electron chi connectivity index (χ3n) is 3.85. The number of nitrogens with zero attached hydrogens (tertiary/aromatic N) is 2. The van der Waals surface area contributed by atoms with E-state index in [0.717, 1.165) is 31.7 Å². The fourth-order valence-electron chi connectivity index (χ4n) is 2.42. The average molecular weight is 277 g/mol. The number of hydrogen-bond donors (Lipinski definition) is 1. The van der Waals surface area contributed by atoms with Crippen molar-refractivity contribution in [1.29, 1.82) is 0 Å². The largest absolute Gasteiger partial charge is 0.399 e. The first-order valence-corrected chi connectivity index (χ1v) is 6.98. The van der Waals surface area contributed by atoms with Gasteiger partial charge in [-0.15, -0.1) is 0 Å². The van der Waals surface area contributed by atoms with E-state index in [1.807, 2.05) is 19.2 Å². The van der Waals surface area contributed by atoms with Crippen molar-refractivity contribution in [2.75, 3.05) is 44.5 Å². The Bertz CT molecular complexity index is 441. The summed E-state index contributed by atoms with van der Waals surface area (Å²) in [5.41, 5.74) is 7.23. The fraction of sp³-hybridized carbons (Fsp3) is 0.533. The Kier molecular flexibility index (Phi) is 4.98. The first kappa shape index (κ1) is 14.8. The summed E-state index contributed by atoms with van der Waals surface area (Å²) in [4.78, 5) is 16.1. The zero-order valence-electron chi connectivity index (χ0n) is 12.2. The van der Waals surface area contributed by atoms with E-state index in [4.69, 9.17) is 10.5 Å². The summed E-state index contributed by atoms with van der Waals surface area (Å²) in [6, 6.07) is 7.78. The number of ether oxygens (including phenoxy) is 1. The lowest BCUT2D eigenvalue weighted by molar-refractivity contribution is -0.120. The summed E-state index contributed by atoms with van der Waals surface area (Å²) in [5, 5.41) is 0. The molecule has 0 bridgehead atoms. The van der Waals surface area contributed by atoms with Crippen LogP contribution in [0.4, 0.5) is 11.4 Å². The van der Waals surface area contributed by atoms with Crippen molar-refractivity contribution in [1.82, 2.24) is 4.90 Å².